The third-order valence-corrected chi connectivity index (χ3v) is 2.68. The summed E-state index contributed by atoms with van der Waals surface area (Å²) < 4.78 is 0. The van der Waals surface area contributed by atoms with E-state index in [1.165, 1.54) is 0 Å². The van der Waals surface area contributed by atoms with Gasteiger partial charge in [-0.2, -0.15) is 0 Å². The number of nitrogens with two attached hydrogens (primary N) is 1. The smallest absolute Gasteiger partial charge is 0.222 e. The molecule has 88 valence electrons. The average molecular weight is 214 g/mol. The van der Waals surface area contributed by atoms with E-state index in [1.807, 2.05) is 13.8 Å². The molecule has 1 amide bonds. The van der Waals surface area contributed by atoms with Crippen molar-refractivity contribution >= 4 is 5.91 Å². The van der Waals surface area contributed by atoms with Crippen molar-refractivity contribution < 1.29 is 9.90 Å². The number of aliphatic hydroxyl groups excluding tert-OH is 1. The van der Waals surface area contributed by atoms with Crippen LogP contribution in [-0.4, -0.2) is 28.7 Å². The number of carbonyl (C=O) groups excluding carboxylic acids is 1. The normalized spacial score (nSPS) is 27.5. The lowest BCUT2D eigenvalue weighted by atomic mass is 9.92. The fourth-order valence-corrected chi connectivity index (χ4v) is 1.91. The summed E-state index contributed by atoms with van der Waals surface area (Å²) in [4.78, 5) is 11.6. The van der Waals surface area contributed by atoms with Gasteiger partial charge in [0.15, 0.2) is 0 Å². The van der Waals surface area contributed by atoms with Crippen molar-refractivity contribution in [3.05, 3.63) is 0 Å². The summed E-state index contributed by atoms with van der Waals surface area (Å²) in [5.74, 6) is 0.0175. The predicted octanol–water partition coefficient (Wildman–Crippen LogP) is 0.533. The molecule has 0 spiro atoms. The Morgan fingerprint density at radius 2 is 1.93 bits per heavy atom. The van der Waals surface area contributed by atoms with Crippen molar-refractivity contribution in [1.82, 2.24) is 5.32 Å². The molecule has 0 saturated heterocycles. The molecule has 0 aliphatic heterocycles. The lowest BCUT2D eigenvalue weighted by molar-refractivity contribution is -0.123. The van der Waals surface area contributed by atoms with E-state index in [9.17, 15) is 9.90 Å². The monoisotopic (exact) mass is 214 g/mol. The van der Waals surface area contributed by atoms with Crippen molar-refractivity contribution in [3.8, 4) is 0 Å². The zero-order chi connectivity index (χ0) is 11.5. The highest BCUT2D eigenvalue weighted by Gasteiger charge is 2.23. The number of hydrogen-bond donors (Lipinski definition) is 3. The van der Waals surface area contributed by atoms with Gasteiger partial charge in [-0.05, 0) is 39.5 Å². The van der Waals surface area contributed by atoms with Crippen molar-refractivity contribution in [2.45, 2.75) is 63.6 Å². The van der Waals surface area contributed by atoms with Gasteiger partial charge in [-0.1, -0.05) is 0 Å². The molecule has 1 fully saturated rings. The van der Waals surface area contributed by atoms with Crippen LogP contribution in [0.5, 0.6) is 0 Å². The maximum Gasteiger partial charge on any atom is 0.222 e. The van der Waals surface area contributed by atoms with Gasteiger partial charge in [0, 0.05) is 18.0 Å². The zero-order valence-electron chi connectivity index (χ0n) is 9.62. The summed E-state index contributed by atoms with van der Waals surface area (Å²) in [6.07, 6.45) is 3.50. The molecule has 0 heterocycles. The predicted molar refractivity (Wildman–Crippen MR) is 59.3 cm³/mol. The molecular formula is C11H22N2O2. The fraction of sp³-hybridized carbons (Fsp3) is 0.909. The topological polar surface area (TPSA) is 75.4 Å². The Bertz CT molecular complexity index is 215. The lowest BCUT2D eigenvalue weighted by Gasteiger charge is -2.27. The highest BCUT2D eigenvalue weighted by atomic mass is 16.3. The van der Waals surface area contributed by atoms with Gasteiger partial charge in [-0.15, -0.1) is 0 Å². The number of carbonyl (C=O) groups is 1. The van der Waals surface area contributed by atoms with Crippen LogP contribution in [0.2, 0.25) is 0 Å². The van der Waals surface area contributed by atoms with E-state index in [2.05, 4.69) is 5.32 Å². The second kappa shape index (κ2) is 4.94. The van der Waals surface area contributed by atoms with Gasteiger partial charge >= 0.3 is 0 Å². The summed E-state index contributed by atoms with van der Waals surface area (Å²) in [5.41, 5.74) is 5.32. The number of hydrogen-bond acceptors (Lipinski definition) is 3. The molecular weight excluding hydrogens is 192 g/mol. The standard InChI is InChI=1S/C11H22N2O2/c1-11(2,12)7-10(15)13-8-3-5-9(14)6-4-8/h8-9,14H,3-7,12H2,1-2H3,(H,13,15). The van der Waals surface area contributed by atoms with Crippen LogP contribution in [0.15, 0.2) is 0 Å². The molecule has 0 radical (unpaired) electrons. The number of amides is 1. The second-order valence-corrected chi connectivity index (χ2v) is 5.24. The van der Waals surface area contributed by atoms with Gasteiger partial charge in [-0.3, -0.25) is 4.79 Å². The van der Waals surface area contributed by atoms with Gasteiger partial charge in [0.2, 0.25) is 5.91 Å². The first-order valence-corrected chi connectivity index (χ1v) is 5.63. The van der Waals surface area contributed by atoms with Crippen molar-refractivity contribution in [1.29, 1.82) is 0 Å². The van der Waals surface area contributed by atoms with Gasteiger partial charge < -0.3 is 16.2 Å². The minimum absolute atomic E-state index is 0.0175. The minimum atomic E-state index is -0.446. The lowest BCUT2D eigenvalue weighted by Crippen LogP contribution is -2.44. The number of nitrogens with one attached hydrogen (secondary N) is 1. The summed E-state index contributed by atoms with van der Waals surface area (Å²) in [7, 11) is 0. The molecule has 15 heavy (non-hydrogen) atoms. The third-order valence-electron chi connectivity index (χ3n) is 2.68. The van der Waals surface area contributed by atoms with Crippen molar-refractivity contribution in [2.75, 3.05) is 0 Å². The fourth-order valence-electron chi connectivity index (χ4n) is 1.91. The summed E-state index contributed by atoms with van der Waals surface area (Å²) >= 11 is 0. The molecule has 1 aliphatic carbocycles. The van der Waals surface area contributed by atoms with Crippen LogP contribution in [0.25, 0.3) is 0 Å². The first kappa shape index (κ1) is 12.5. The van der Waals surface area contributed by atoms with E-state index in [-0.39, 0.29) is 18.1 Å². The minimum Gasteiger partial charge on any atom is -0.393 e. The van der Waals surface area contributed by atoms with E-state index >= 15 is 0 Å². The van der Waals surface area contributed by atoms with Crippen LogP contribution in [0.1, 0.15) is 46.0 Å². The molecule has 4 nitrogen and oxygen atoms in total. The zero-order valence-corrected chi connectivity index (χ0v) is 9.62. The van der Waals surface area contributed by atoms with E-state index in [1.54, 1.807) is 0 Å². The molecule has 4 heteroatoms. The molecule has 1 aliphatic rings. The van der Waals surface area contributed by atoms with E-state index in [0.717, 1.165) is 25.7 Å². The van der Waals surface area contributed by atoms with Crippen LogP contribution in [0.3, 0.4) is 0 Å². The molecule has 0 aromatic heterocycles. The Hall–Kier alpha value is -0.610. The van der Waals surface area contributed by atoms with Gasteiger partial charge in [0.1, 0.15) is 0 Å². The third kappa shape index (κ3) is 5.14. The maximum atomic E-state index is 11.6. The molecule has 0 atom stereocenters. The van der Waals surface area contributed by atoms with Gasteiger partial charge in [0.05, 0.1) is 6.10 Å². The molecule has 1 saturated carbocycles. The SMILES string of the molecule is CC(C)(N)CC(=O)NC1CCC(O)CC1. The van der Waals surface area contributed by atoms with Crippen LogP contribution >= 0.6 is 0 Å². The van der Waals surface area contributed by atoms with Crippen molar-refractivity contribution in [3.63, 3.8) is 0 Å². The summed E-state index contributed by atoms with van der Waals surface area (Å²) in [6.45, 7) is 3.69. The Morgan fingerprint density at radius 3 is 2.40 bits per heavy atom. The summed E-state index contributed by atoms with van der Waals surface area (Å²) in [6, 6.07) is 0.225. The Morgan fingerprint density at radius 1 is 1.40 bits per heavy atom. The quantitative estimate of drug-likeness (QED) is 0.641. The summed E-state index contributed by atoms with van der Waals surface area (Å²) in [5, 5.41) is 12.3. The largest absolute Gasteiger partial charge is 0.393 e. The van der Waals surface area contributed by atoms with Crippen LogP contribution in [0.4, 0.5) is 0 Å². The second-order valence-electron chi connectivity index (χ2n) is 5.24. The van der Waals surface area contributed by atoms with E-state index in [4.69, 9.17) is 5.73 Å². The molecule has 0 unspecified atom stereocenters. The van der Waals surface area contributed by atoms with Crippen LogP contribution in [0, 0.1) is 0 Å². The molecule has 1 rings (SSSR count). The Kier molecular flexibility index (Phi) is 4.11. The Labute approximate surface area is 91.2 Å². The van der Waals surface area contributed by atoms with Crippen molar-refractivity contribution in [2.24, 2.45) is 5.73 Å². The first-order chi connectivity index (χ1) is 6.87. The highest BCUT2D eigenvalue weighted by molar-refractivity contribution is 5.77. The maximum absolute atomic E-state index is 11.6. The van der Waals surface area contributed by atoms with Crippen LogP contribution < -0.4 is 11.1 Å². The average Bonchev–Trinajstić information content (AvgIpc) is 2.05. The van der Waals surface area contributed by atoms with E-state index < -0.39 is 5.54 Å². The molecule has 0 bridgehead atoms. The number of rotatable bonds is 3. The first-order valence-electron chi connectivity index (χ1n) is 5.63. The molecule has 4 N–H and O–H groups in total. The van der Waals surface area contributed by atoms with E-state index in [0.29, 0.717) is 6.42 Å². The molecule has 0 aromatic carbocycles. The van der Waals surface area contributed by atoms with Gasteiger partial charge in [0.25, 0.3) is 0 Å². The van der Waals surface area contributed by atoms with Gasteiger partial charge in [-0.25, -0.2) is 0 Å². The Balaban J connectivity index is 2.27. The van der Waals surface area contributed by atoms with Crippen LogP contribution in [-0.2, 0) is 4.79 Å². The molecule has 0 aromatic rings. The highest BCUT2D eigenvalue weighted by Crippen LogP contribution is 2.18. The number of aliphatic hydroxyl groups is 1.